The molecule has 1 aromatic heterocycles. The molecule has 0 saturated carbocycles. The monoisotopic (exact) mass is 245 g/mol. The molecule has 0 aliphatic heterocycles. The smallest absolute Gasteiger partial charge is 0.150 e. The summed E-state index contributed by atoms with van der Waals surface area (Å²) in [4.78, 5) is 11.3. The molecule has 0 radical (unpaired) electrons. The highest BCUT2D eigenvalue weighted by atomic mass is 15.2. The SMILES string of the molecule is Cc1nc2ccccc2nc1N(CCN)CCN. The summed E-state index contributed by atoms with van der Waals surface area (Å²) >= 11 is 0. The number of para-hydroxylation sites is 2. The topological polar surface area (TPSA) is 81.1 Å². The lowest BCUT2D eigenvalue weighted by Gasteiger charge is -2.23. The zero-order valence-corrected chi connectivity index (χ0v) is 10.6. The Morgan fingerprint density at radius 3 is 2.11 bits per heavy atom. The van der Waals surface area contributed by atoms with Crippen LogP contribution in [0.3, 0.4) is 0 Å². The van der Waals surface area contributed by atoms with Crippen LogP contribution in [-0.4, -0.2) is 36.1 Å². The number of hydrogen-bond acceptors (Lipinski definition) is 5. The maximum absolute atomic E-state index is 5.63. The van der Waals surface area contributed by atoms with Crippen molar-refractivity contribution in [3.63, 3.8) is 0 Å². The van der Waals surface area contributed by atoms with E-state index in [9.17, 15) is 0 Å². The van der Waals surface area contributed by atoms with Crippen LogP contribution in [0.2, 0.25) is 0 Å². The Kier molecular flexibility index (Phi) is 4.07. The van der Waals surface area contributed by atoms with Crippen molar-refractivity contribution >= 4 is 16.9 Å². The third-order valence-corrected chi connectivity index (χ3v) is 2.82. The van der Waals surface area contributed by atoms with Crippen molar-refractivity contribution in [2.75, 3.05) is 31.1 Å². The maximum Gasteiger partial charge on any atom is 0.150 e. The summed E-state index contributed by atoms with van der Waals surface area (Å²) in [7, 11) is 0. The largest absolute Gasteiger partial charge is 0.353 e. The van der Waals surface area contributed by atoms with Gasteiger partial charge in [0.25, 0.3) is 0 Å². The van der Waals surface area contributed by atoms with Crippen molar-refractivity contribution in [1.29, 1.82) is 0 Å². The molecule has 1 heterocycles. The number of anilines is 1. The summed E-state index contributed by atoms with van der Waals surface area (Å²) in [5.74, 6) is 0.879. The normalized spacial score (nSPS) is 10.8. The van der Waals surface area contributed by atoms with Gasteiger partial charge >= 0.3 is 0 Å². The molecular formula is C13H19N5. The standard InChI is InChI=1S/C13H19N5/c1-10-13(18(8-6-14)9-7-15)17-12-5-3-2-4-11(12)16-10/h2-5H,6-9,14-15H2,1H3. The second-order valence-electron chi connectivity index (χ2n) is 4.19. The van der Waals surface area contributed by atoms with Gasteiger partial charge < -0.3 is 16.4 Å². The van der Waals surface area contributed by atoms with Gasteiger partial charge in [-0.15, -0.1) is 0 Å². The number of fused-ring (bicyclic) bond motifs is 1. The first-order chi connectivity index (χ1) is 8.76. The van der Waals surface area contributed by atoms with E-state index in [1.54, 1.807) is 0 Å². The Bertz CT molecular complexity index is 520. The predicted octanol–water partition coefficient (Wildman–Crippen LogP) is 0.662. The first-order valence-corrected chi connectivity index (χ1v) is 6.14. The average molecular weight is 245 g/mol. The van der Waals surface area contributed by atoms with Gasteiger partial charge in [0.15, 0.2) is 5.82 Å². The highest BCUT2D eigenvalue weighted by Crippen LogP contribution is 2.19. The fourth-order valence-electron chi connectivity index (χ4n) is 2.01. The van der Waals surface area contributed by atoms with Gasteiger partial charge in [0.1, 0.15) is 0 Å². The molecule has 0 fully saturated rings. The van der Waals surface area contributed by atoms with E-state index < -0.39 is 0 Å². The summed E-state index contributed by atoms with van der Waals surface area (Å²) in [5, 5.41) is 0. The summed E-state index contributed by atoms with van der Waals surface area (Å²) in [6.07, 6.45) is 0. The van der Waals surface area contributed by atoms with Crippen LogP contribution >= 0.6 is 0 Å². The summed E-state index contributed by atoms with van der Waals surface area (Å²) in [5.41, 5.74) is 14.0. The van der Waals surface area contributed by atoms with Gasteiger partial charge in [-0.25, -0.2) is 9.97 Å². The molecule has 0 unspecified atom stereocenters. The molecule has 0 atom stereocenters. The molecule has 0 aliphatic rings. The molecule has 2 aromatic rings. The van der Waals surface area contributed by atoms with Gasteiger partial charge in [0.05, 0.1) is 16.7 Å². The number of aromatic nitrogens is 2. The Morgan fingerprint density at radius 2 is 1.56 bits per heavy atom. The molecule has 0 spiro atoms. The average Bonchev–Trinajstić information content (AvgIpc) is 2.38. The second-order valence-corrected chi connectivity index (χ2v) is 4.19. The van der Waals surface area contributed by atoms with Crippen LogP contribution in [0.5, 0.6) is 0 Å². The Labute approximate surface area is 107 Å². The molecule has 2 rings (SSSR count). The molecule has 0 aliphatic carbocycles. The van der Waals surface area contributed by atoms with Crippen LogP contribution < -0.4 is 16.4 Å². The van der Waals surface area contributed by atoms with Crippen molar-refractivity contribution < 1.29 is 0 Å². The molecule has 18 heavy (non-hydrogen) atoms. The molecule has 0 saturated heterocycles. The van der Waals surface area contributed by atoms with Crippen LogP contribution in [0.1, 0.15) is 5.69 Å². The van der Waals surface area contributed by atoms with E-state index in [0.717, 1.165) is 35.6 Å². The van der Waals surface area contributed by atoms with Crippen molar-refractivity contribution in [2.24, 2.45) is 11.5 Å². The van der Waals surface area contributed by atoms with Crippen LogP contribution in [0.25, 0.3) is 11.0 Å². The minimum atomic E-state index is 0.577. The maximum atomic E-state index is 5.63. The van der Waals surface area contributed by atoms with Crippen molar-refractivity contribution in [3.05, 3.63) is 30.0 Å². The molecule has 0 bridgehead atoms. The summed E-state index contributed by atoms with van der Waals surface area (Å²) in [6, 6.07) is 7.86. The zero-order valence-electron chi connectivity index (χ0n) is 10.6. The first kappa shape index (κ1) is 12.7. The van der Waals surface area contributed by atoms with E-state index in [0.29, 0.717) is 13.1 Å². The van der Waals surface area contributed by atoms with Gasteiger partial charge in [-0.2, -0.15) is 0 Å². The Morgan fingerprint density at radius 1 is 1.00 bits per heavy atom. The quantitative estimate of drug-likeness (QED) is 0.809. The molecule has 0 amide bonds. The van der Waals surface area contributed by atoms with Crippen LogP contribution in [0.4, 0.5) is 5.82 Å². The lowest BCUT2D eigenvalue weighted by molar-refractivity contribution is 0.765. The molecular weight excluding hydrogens is 226 g/mol. The van der Waals surface area contributed by atoms with E-state index in [1.165, 1.54) is 0 Å². The highest BCUT2D eigenvalue weighted by molar-refractivity contribution is 5.76. The number of nitrogens with two attached hydrogens (primary N) is 2. The van der Waals surface area contributed by atoms with Gasteiger partial charge in [-0.05, 0) is 19.1 Å². The number of hydrogen-bond donors (Lipinski definition) is 2. The Balaban J connectivity index is 2.44. The van der Waals surface area contributed by atoms with E-state index in [4.69, 9.17) is 11.5 Å². The predicted molar refractivity (Wildman–Crippen MR) is 74.6 cm³/mol. The van der Waals surface area contributed by atoms with Crippen LogP contribution in [0, 0.1) is 6.92 Å². The third kappa shape index (κ3) is 2.57. The number of nitrogens with zero attached hydrogens (tertiary/aromatic N) is 3. The zero-order chi connectivity index (χ0) is 13.0. The number of benzene rings is 1. The van der Waals surface area contributed by atoms with Crippen molar-refractivity contribution in [3.8, 4) is 0 Å². The van der Waals surface area contributed by atoms with Crippen LogP contribution in [0.15, 0.2) is 24.3 Å². The van der Waals surface area contributed by atoms with Crippen LogP contribution in [-0.2, 0) is 0 Å². The first-order valence-electron chi connectivity index (χ1n) is 6.14. The molecule has 4 N–H and O–H groups in total. The van der Waals surface area contributed by atoms with Gasteiger partial charge in [0, 0.05) is 26.2 Å². The fraction of sp³-hybridized carbons (Fsp3) is 0.385. The molecule has 5 heteroatoms. The number of aryl methyl sites for hydroxylation is 1. The van der Waals surface area contributed by atoms with E-state index in [2.05, 4.69) is 14.9 Å². The van der Waals surface area contributed by atoms with Crippen molar-refractivity contribution in [2.45, 2.75) is 6.92 Å². The van der Waals surface area contributed by atoms with E-state index in [-0.39, 0.29) is 0 Å². The number of rotatable bonds is 5. The lowest BCUT2D eigenvalue weighted by Crippen LogP contribution is -2.35. The fourth-order valence-corrected chi connectivity index (χ4v) is 2.01. The second kappa shape index (κ2) is 5.75. The summed E-state index contributed by atoms with van der Waals surface area (Å²) < 4.78 is 0. The van der Waals surface area contributed by atoms with Gasteiger partial charge in [-0.1, -0.05) is 12.1 Å². The highest BCUT2D eigenvalue weighted by Gasteiger charge is 2.11. The summed E-state index contributed by atoms with van der Waals surface area (Å²) in [6.45, 7) is 4.60. The molecule has 1 aromatic carbocycles. The minimum absolute atomic E-state index is 0.577. The molecule has 5 nitrogen and oxygen atoms in total. The van der Waals surface area contributed by atoms with E-state index in [1.807, 2.05) is 31.2 Å². The Hall–Kier alpha value is -1.72. The third-order valence-electron chi connectivity index (χ3n) is 2.82. The lowest BCUT2D eigenvalue weighted by atomic mass is 10.2. The minimum Gasteiger partial charge on any atom is -0.353 e. The van der Waals surface area contributed by atoms with Gasteiger partial charge in [0.2, 0.25) is 0 Å². The van der Waals surface area contributed by atoms with Crippen molar-refractivity contribution in [1.82, 2.24) is 9.97 Å². The van der Waals surface area contributed by atoms with Gasteiger partial charge in [-0.3, -0.25) is 0 Å². The molecule has 96 valence electrons. The van der Waals surface area contributed by atoms with E-state index >= 15 is 0 Å².